The maximum Gasteiger partial charge on any atom is 0.331 e. The van der Waals surface area contributed by atoms with E-state index >= 15 is 0 Å². The molecule has 21 heteroatoms. The summed E-state index contributed by atoms with van der Waals surface area (Å²) in [6.45, 7) is 13.3. The van der Waals surface area contributed by atoms with Crippen LogP contribution in [0.1, 0.15) is 67.2 Å². The van der Waals surface area contributed by atoms with Crippen LogP contribution in [0.2, 0.25) is 0 Å². The highest BCUT2D eigenvalue weighted by atomic mass is 16.5. The Morgan fingerprint density at radius 1 is 0.867 bits per heavy atom. The molecule has 310 valence electrons. The predicted molar refractivity (Wildman–Crippen MR) is 217 cm³/mol. The van der Waals surface area contributed by atoms with Gasteiger partial charge in [-0.25, -0.2) is 15.0 Å². The average molecular weight is 818 g/mol. The maximum absolute atomic E-state index is 14.7. The van der Waals surface area contributed by atoms with E-state index in [1.807, 2.05) is 26.0 Å². The van der Waals surface area contributed by atoms with Crippen LogP contribution in [0.25, 0.3) is 27.9 Å². The molecule has 6 aromatic rings. The summed E-state index contributed by atoms with van der Waals surface area (Å²) in [6, 6.07) is 4.71. The van der Waals surface area contributed by atoms with E-state index in [-0.39, 0.29) is 47.6 Å². The van der Waals surface area contributed by atoms with Crippen molar-refractivity contribution >= 4 is 57.7 Å². The Kier molecular flexibility index (Phi) is 9.42. The first-order valence-corrected chi connectivity index (χ1v) is 19.8. The highest BCUT2D eigenvalue weighted by molar-refractivity contribution is 6.06. The van der Waals surface area contributed by atoms with Gasteiger partial charge < -0.3 is 26.1 Å². The van der Waals surface area contributed by atoms with E-state index in [0.717, 1.165) is 26.2 Å². The number of amides is 4. The molecule has 0 atom stereocenters. The fourth-order valence-corrected chi connectivity index (χ4v) is 8.43. The van der Waals surface area contributed by atoms with Crippen molar-refractivity contribution in [2.24, 2.45) is 16.9 Å². The first-order chi connectivity index (χ1) is 28.9. The van der Waals surface area contributed by atoms with Gasteiger partial charge in [0, 0.05) is 81.6 Å². The highest BCUT2D eigenvalue weighted by Crippen LogP contribution is 2.35. The number of carbonyl (C=O) groups is 4. The lowest BCUT2D eigenvalue weighted by Gasteiger charge is -2.56. The summed E-state index contributed by atoms with van der Waals surface area (Å²) in [5.41, 5.74) is 14.7. The number of pyridine rings is 1. The second kappa shape index (κ2) is 14.7. The quantitative estimate of drug-likeness (QED) is 0.105. The van der Waals surface area contributed by atoms with Crippen molar-refractivity contribution in [1.29, 1.82) is 0 Å². The van der Waals surface area contributed by atoms with E-state index in [2.05, 4.69) is 35.9 Å². The average Bonchev–Trinajstić information content (AvgIpc) is 3.91. The largest absolute Gasteiger partial charge is 0.490 e. The SMILES string of the molecule is CCn1nc(C)c2c1C(=O)Nc1nc3cc(C(N)=O)cc(OCCN4CC5(CNC5)C4)c3n1C/C=C/Cn1c(nc3cc(C(N)=O)cnc31)NC(=O)c1n(CC)nc(C)[n+]1-2. The summed E-state index contributed by atoms with van der Waals surface area (Å²) in [4.78, 5) is 70.3. The number of benzene rings is 1. The van der Waals surface area contributed by atoms with Crippen molar-refractivity contribution in [3.63, 3.8) is 0 Å². The van der Waals surface area contributed by atoms with Gasteiger partial charge in [-0.15, -0.1) is 4.68 Å². The molecule has 7 N–H and O–H groups in total. The molecule has 0 bridgehead atoms. The number of rotatable bonds is 8. The minimum Gasteiger partial charge on any atom is -0.490 e. The number of hydrogen-bond donors (Lipinski definition) is 5. The minimum absolute atomic E-state index is 0.112. The Bertz CT molecular complexity index is 2800. The van der Waals surface area contributed by atoms with Gasteiger partial charge in [0.2, 0.25) is 23.7 Å². The monoisotopic (exact) mass is 817 g/mol. The molecule has 2 fully saturated rings. The fraction of sp³-hybridized carbons (Fsp3) is 0.385. The van der Waals surface area contributed by atoms with Gasteiger partial charge in [-0.05, 0) is 39.0 Å². The molecule has 0 unspecified atom stereocenters. The number of fused-ring (bicyclic) bond motifs is 9. The Balaban J connectivity index is 1.20. The van der Waals surface area contributed by atoms with Crippen LogP contribution in [-0.4, -0.2) is 112 Å². The smallest absolute Gasteiger partial charge is 0.331 e. The molecule has 0 radical (unpaired) electrons. The number of nitrogens with zero attached hydrogens (tertiary/aromatic N) is 11. The molecule has 0 aliphatic carbocycles. The second-order valence-corrected chi connectivity index (χ2v) is 15.4. The topological polar surface area (TPSA) is 257 Å². The van der Waals surface area contributed by atoms with Crippen molar-refractivity contribution in [3.05, 3.63) is 70.7 Å². The number of nitrogens with two attached hydrogens (primary N) is 2. The lowest BCUT2D eigenvalue weighted by Crippen LogP contribution is -2.71. The van der Waals surface area contributed by atoms with Gasteiger partial charge in [-0.3, -0.25) is 44.0 Å². The van der Waals surface area contributed by atoms with Crippen LogP contribution in [0.15, 0.2) is 36.5 Å². The molecular weight excluding hydrogens is 773 g/mol. The van der Waals surface area contributed by atoms with Crippen LogP contribution in [0.4, 0.5) is 11.9 Å². The first kappa shape index (κ1) is 38.5. The zero-order chi connectivity index (χ0) is 42.0. The number of ether oxygens (including phenoxy) is 1. The molecule has 21 nitrogen and oxygen atoms in total. The number of hydrogen-bond acceptors (Lipinski definition) is 12. The predicted octanol–water partition coefficient (Wildman–Crippen LogP) is 0.664. The molecular formula is C39H45N16O5+. The second-order valence-electron chi connectivity index (χ2n) is 15.4. The van der Waals surface area contributed by atoms with E-state index in [9.17, 15) is 19.2 Å². The van der Waals surface area contributed by atoms with Crippen LogP contribution in [-0.2, 0) is 26.2 Å². The third-order valence-corrected chi connectivity index (χ3v) is 11.3. The number of nitrogens with one attached hydrogen (secondary N) is 3. The van der Waals surface area contributed by atoms with Gasteiger partial charge in [0.05, 0.1) is 16.8 Å². The standard InChI is InChI=1S/C39H44N16O5/c1-5-53-30-28(21(3)48-53)55-22(4)49-54(6-2)36(55)35(59)47-38-45-26-14-24(32(41)57)16-43-33(26)52(38)10-8-7-9-51-29-25(44-37(51)46-34(30)58)13-23(31(40)56)15-27(29)60-12-11-50-19-39(20-50)17-42-18-39/h7-8,13-16,42H,5-6,9-12,17-20H2,1-4H3,(H5-,40,41,44,45,46,47,56,57,58,59)/p+1/b8-7+. The number of imidazole rings is 2. The summed E-state index contributed by atoms with van der Waals surface area (Å²) < 4.78 is 14.6. The Morgan fingerprint density at radius 3 is 2.22 bits per heavy atom. The van der Waals surface area contributed by atoms with Crippen LogP contribution >= 0.6 is 0 Å². The summed E-state index contributed by atoms with van der Waals surface area (Å²) in [7, 11) is 0. The molecule has 1 spiro atoms. The molecule has 2 saturated heterocycles. The highest BCUT2D eigenvalue weighted by Gasteiger charge is 2.47. The number of allylic oxidation sites excluding steroid dienone is 2. The Morgan fingerprint density at radius 2 is 1.53 bits per heavy atom. The summed E-state index contributed by atoms with van der Waals surface area (Å²) in [5, 5.41) is 18.7. The normalized spacial score (nSPS) is 16.9. The number of carbonyl (C=O) groups excluding carboxylic acids is 4. The van der Waals surface area contributed by atoms with Crippen molar-refractivity contribution in [2.75, 3.05) is 50.0 Å². The lowest BCUT2D eigenvalue weighted by atomic mass is 9.74. The number of likely N-dealkylation sites (tertiary alicyclic amines) is 1. The molecule has 4 amide bonds. The van der Waals surface area contributed by atoms with E-state index < -0.39 is 23.6 Å². The number of aromatic nitrogens is 10. The third-order valence-electron chi connectivity index (χ3n) is 11.3. The van der Waals surface area contributed by atoms with Crippen molar-refractivity contribution in [2.45, 2.75) is 53.9 Å². The van der Waals surface area contributed by atoms with Crippen molar-refractivity contribution < 1.29 is 28.5 Å². The summed E-state index contributed by atoms with van der Waals surface area (Å²) in [6.07, 6.45) is 5.08. The van der Waals surface area contributed by atoms with Crippen LogP contribution in [0.5, 0.6) is 5.75 Å². The first-order valence-electron chi connectivity index (χ1n) is 19.8. The number of anilines is 2. The van der Waals surface area contributed by atoms with E-state index in [0.29, 0.717) is 76.8 Å². The molecule has 60 heavy (non-hydrogen) atoms. The van der Waals surface area contributed by atoms with Gasteiger partial charge in [-0.1, -0.05) is 12.2 Å². The molecule has 9 rings (SSSR count). The zero-order valence-electron chi connectivity index (χ0n) is 33.7. The van der Waals surface area contributed by atoms with Gasteiger partial charge >= 0.3 is 11.7 Å². The fourth-order valence-electron chi connectivity index (χ4n) is 8.43. The van der Waals surface area contributed by atoms with E-state index in [4.69, 9.17) is 26.3 Å². The van der Waals surface area contributed by atoms with Crippen LogP contribution in [0.3, 0.4) is 0 Å². The molecule has 3 aliphatic heterocycles. The number of primary amides is 2. The van der Waals surface area contributed by atoms with Gasteiger partial charge in [0.1, 0.15) is 29.9 Å². The Labute approximate surface area is 342 Å². The summed E-state index contributed by atoms with van der Waals surface area (Å²) >= 11 is 0. The third kappa shape index (κ3) is 6.41. The molecule has 0 saturated carbocycles. The molecule has 8 heterocycles. The molecule has 5 aromatic heterocycles. The molecule has 3 aliphatic rings. The summed E-state index contributed by atoms with van der Waals surface area (Å²) in [5.74, 6) is -1.19. The van der Waals surface area contributed by atoms with Crippen LogP contribution in [0, 0.1) is 19.3 Å². The van der Waals surface area contributed by atoms with E-state index in [1.165, 1.54) is 16.9 Å². The lowest BCUT2D eigenvalue weighted by molar-refractivity contribution is -0.606. The van der Waals surface area contributed by atoms with Gasteiger partial charge in [0.25, 0.3) is 11.7 Å². The van der Waals surface area contributed by atoms with E-state index in [1.54, 1.807) is 44.4 Å². The molecule has 1 aromatic carbocycles. The maximum atomic E-state index is 14.7. The van der Waals surface area contributed by atoms with Crippen molar-refractivity contribution in [1.82, 2.24) is 53.9 Å². The van der Waals surface area contributed by atoms with Gasteiger partial charge in [0.15, 0.2) is 17.0 Å². The number of aryl methyl sites for hydroxylation is 4. The Hall–Kier alpha value is -7.00. The minimum atomic E-state index is -0.671. The van der Waals surface area contributed by atoms with Crippen LogP contribution < -0.4 is 36.7 Å². The van der Waals surface area contributed by atoms with Gasteiger partial charge in [-0.2, -0.15) is 9.67 Å². The van der Waals surface area contributed by atoms with Crippen molar-refractivity contribution in [3.8, 4) is 11.4 Å². The zero-order valence-corrected chi connectivity index (χ0v) is 33.7.